The summed E-state index contributed by atoms with van der Waals surface area (Å²) in [5.74, 6) is 0. The van der Waals surface area contributed by atoms with Crippen molar-refractivity contribution >= 4 is 33.3 Å². The zero-order valence-corrected chi connectivity index (χ0v) is 11.1. The lowest BCUT2D eigenvalue weighted by molar-refractivity contribution is 0.0531. The van der Waals surface area contributed by atoms with Crippen molar-refractivity contribution in [1.82, 2.24) is 10.2 Å². The Balaban J connectivity index is 1.78. The molecule has 0 unspecified atom stereocenters. The van der Waals surface area contributed by atoms with Crippen molar-refractivity contribution in [3.8, 4) is 0 Å². The summed E-state index contributed by atoms with van der Waals surface area (Å²) in [4.78, 5) is 14.7. The number of hydrogen-bond donors (Lipinski definition) is 1. The topological polar surface area (TPSA) is 41.6 Å². The predicted octanol–water partition coefficient (Wildman–Crippen LogP) is 2.05. The molecule has 0 bridgehead atoms. The number of thiophene rings is 1. The van der Waals surface area contributed by atoms with Crippen LogP contribution in [-0.4, -0.2) is 37.2 Å². The molecule has 1 aliphatic rings. The van der Waals surface area contributed by atoms with Crippen molar-refractivity contribution in [2.24, 2.45) is 0 Å². The highest BCUT2D eigenvalue weighted by molar-refractivity contribution is 9.11. The summed E-state index contributed by atoms with van der Waals surface area (Å²) < 4.78 is 6.28. The van der Waals surface area contributed by atoms with Crippen LogP contribution in [0, 0.1) is 0 Å². The number of amides is 2. The molecule has 0 atom stereocenters. The third-order valence-electron chi connectivity index (χ3n) is 2.34. The van der Waals surface area contributed by atoms with Crippen molar-refractivity contribution in [3.63, 3.8) is 0 Å². The van der Waals surface area contributed by atoms with Crippen LogP contribution < -0.4 is 5.32 Å². The van der Waals surface area contributed by atoms with Crippen molar-refractivity contribution in [1.29, 1.82) is 0 Å². The minimum Gasteiger partial charge on any atom is -0.378 e. The van der Waals surface area contributed by atoms with Crippen molar-refractivity contribution in [2.45, 2.75) is 6.54 Å². The summed E-state index contributed by atoms with van der Waals surface area (Å²) in [6, 6.07) is 3.99. The first-order valence-electron chi connectivity index (χ1n) is 5.10. The molecule has 6 heteroatoms. The average molecular weight is 305 g/mol. The fourth-order valence-corrected chi connectivity index (χ4v) is 2.91. The highest BCUT2D eigenvalue weighted by Gasteiger charge is 2.16. The molecule has 0 saturated carbocycles. The van der Waals surface area contributed by atoms with Gasteiger partial charge >= 0.3 is 6.03 Å². The van der Waals surface area contributed by atoms with Crippen LogP contribution in [0.5, 0.6) is 0 Å². The zero-order valence-electron chi connectivity index (χ0n) is 8.74. The summed E-state index contributed by atoms with van der Waals surface area (Å²) in [7, 11) is 0. The number of nitrogens with one attached hydrogen (secondary N) is 1. The molecular formula is C10H13BrN2O2S. The second kappa shape index (κ2) is 5.65. The largest absolute Gasteiger partial charge is 0.378 e. The Labute approximate surface area is 107 Å². The molecule has 2 amide bonds. The van der Waals surface area contributed by atoms with Gasteiger partial charge in [-0.3, -0.25) is 0 Å². The normalized spacial score (nSPS) is 16.2. The van der Waals surface area contributed by atoms with Crippen molar-refractivity contribution in [2.75, 3.05) is 26.3 Å². The smallest absolute Gasteiger partial charge is 0.317 e. The quantitative estimate of drug-likeness (QED) is 0.908. The molecule has 16 heavy (non-hydrogen) atoms. The van der Waals surface area contributed by atoms with Gasteiger partial charge in [-0.05, 0) is 28.1 Å². The van der Waals surface area contributed by atoms with Crippen LogP contribution in [0.4, 0.5) is 4.79 Å². The van der Waals surface area contributed by atoms with Gasteiger partial charge in [-0.2, -0.15) is 0 Å². The predicted molar refractivity (Wildman–Crippen MR) is 66.6 cm³/mol. The van der Waals surface area contributed by atoms with Gasteiger partial charge in [0.25, 0.3) is 0 Å². The second-order valence-electron chi connectivity index (χ2n) is 3.46. The highest BCUT2D eigenvalue weighted by atomic mass is 79.9. The van der Waals surface area contributed by atoms with Gasteiger partial charge in [-0.25, -0.2) is 4.79 Å². The number of ether oxygens (including phenoxy) is 1. The molecule has 0 radical (unpaired) electrons. The van der Waals surface area contributed by atoms with Gasteiger partial charge in [0.2, 0.25) is 0 Å². The van der Waals surface area contributed by atoms with E-state index in [1.54, 1.807) is 16.2 Å². The van der Waals surface area contributed by atoms with Gasteiger partial charge in [-0.1, -0.05) is 0 Å². The third-order valence-corrected chi connectivity index (χ3v) is 3.96. The lowest BCUT2D eigenvalue weighted by atomic mass is 10.4. The highest BCUT2D eigenvalue weighted by Crippen LogP contribution is 2.21. The van der Waals surface area contributed by atoms with E-state index in [0.717, 1.165) is 8.66 Å². The van der Waals surface area contributed by atoms with E-state index >= 15 is 0 Å². The SMILES string of the molecule is O=C(NCc1ccc(Br)s1)N1CCOCC1. The molecule has 0 spiro atoms. The van der Waals surface area contributed by atoms with Gasteiger partial charge in [0.1, 0.15) is 0 Å². The van der Waals surface area contributed by atoms with E-state index in [2.05, 4.69) is 21.2 Å². The maximum Gasteiger partial charge on any atom is 0.317 e. The molecule has 0 aromatic carbocycles. The standard InChI is InChI=1S/C10H13BrN2O2S/c11-9-2-1-8(16-9)7-12-10(14)13-3-5-15-6-4-13/h1-2H,3-7H2,(H,12,14). The lowest BCUT2D eigenvalue weighted by Gasteiger charge is -2.26. The Hall–Kier alpha value is -0.590. The number of halogens is 1. The molecule has 1 aromatic heterocycles. The molecule has 1 N–H and O–H groups in total. The third kappa shape index (κ3) is 3.20. The van der Waals surface area contributed by atoms with Crippen LogP contribution in [-0.2, 0) is 11.3 Å². The van der Waals surface area contributed by atoms with Crippen molar-refractivity contribution in [3.05, 3.63) is 20.8 Å². The van der Waals surface area contributed by atoms with Gasteiger partial charge in [0.15, 0.2) is 0 Å². The van der Waals surface area contributed by atoms with Crippen LogP contribution in [0.25, 0.3) is 0 Å². The number of hydrogen-bond acceptors (Lipinski definition) is 3. The molecule has 4 nitrogen and oxygen atoms in total. The molecule has 1 aliphatic heterocycles. The zero-order chi connectivity index (χ0) is 11.4. The lowest BCUT2D eigenvalue weighted by Crippen LogP contribution is -2.45. The monoisotopic (exact) mass is 304 g/mol. The summed E-state index contributed by atoms with van der Waals surface area (Å²) in [6.07, 6.45) is 0. The Morgan fingerprint density at radius 3 is 2.88 bits per heavy atom. The minimum atomic E-state index is -0.00665. The summed E-state index contributed by atoms with van der Waals surface area (Å²) in [6.45, 7) is 3.22. The van der Waals surface area contributed by atoms with E-state index in [9.17, 15) is 4.79 Å². The Morgan fingerprint density at radius 1 is 1.50 bits per heavy atom. The fourth-order valence-electron chi connectivity index (χ4n) is 1.49. The van der Waals surface area contributed by atoms with Gasteiger partial charge in [-0.15, -0.1) is 11.3 Å². The molecule has 2 rings (SSSR count). The Bertz CT molecular complexity index is 363. The van der Waals surface area contributed by atoms with Crippen LogP contribution in [0.3, 0.4) is 0 Å². The number of nitrogens with zero attached hydrogens (tertiary/aromatic N) is 1. The molecule has 1 saturated heterocycles. The minimum absolute atomic E-state index is 0.00665. The number of morpholine rings is 1. The Kier molecular flexibility index (Phi) is 4.20. The number of urea groups is 1. The van der Waals surface area contributed by atoms with E-state index < -0.39 is 0 Å². The second-order valence-corrected chi connectivity index (χ2v) is 6.01. The maximum absolute atomic E-state index is 11.7. The number of rotatable bonds is 2. The van der Waals surface area contributed by atoms with E-state index in [4.69, 9.17) is 4.74 Å². The summed E-state index contributed by atoms with van der Waals surface area (Å²) in [5, 5.41) is 2.90. The maximum atomic E-state index is 11.7. The fraction of sp³-hybridized carbons (Fsp3) is 0.500. The Morgan fingerprint density at radius 2 is 2.25 bits per heavy atom. The van der Waals surface area contributed by atoms with E-state index in [1.165, 1.54) is 0 Å². The van der Waals surface area contributed by atoms with Crippen LogP contribution in [0.1, 0.15) is 4.88 Å². The number of carbonyl (C=O) groups excluding carboxylic acids is 1. The molecule has 0 aliphatic carbocycles. The van der Waals surface area contributed by atoms with Crippen LogP contribution in [0.15, 0.2) is 15.9 Å². The van der Waals surface area contributed by atoms with Crippen molar-refractivity contribution < 1.29 is 9.53 Å². The molecule has 1 fully saturated rings. The number of carbonyl (C=O) groups is 1. The average Bonchev–Trinajstić information content (AvgIpc) is 2.73. The molecule has 88 valence electrons. The summed E-state index contributed by atoms with van der Waals surface area (Å²) >= 11 is 5.03. The van der Waals surface area contributed by atoms with Gasteiger partial charge in [0.05, 0.1) is 23.5 Å². The van der Waals surface area contributed by atoms with Gasteiger partial charge in [0, 0.05) is 18.0 Å². The first kappa shape index (κ1) is 11.9. The van der Waals surface area contributed by atoms with E-state index in [0.29, 0.717) is 32.8 Å². The first-order valence-corrected chi connectivity index (χ1v) is 6.71. The molecule has 1 aromatic rings. The van der Waals surface area contributed by atoms with E-state index in [-0.39, 0.29) is 6.03 Å². The molecule has 2 heterocycles. The van der Waals surface area contributed by atoms with Gasteiger partial charge < -0.3 is 15.0 Å². The van der Waals surface area contributed by atoms with Crippen LogP contribution >= 0.6 is 27.3 Å². The van der Waals surface area contributed by atoms with Crippen LogP contribution in [0.2, 0.25) is 0 Å². The first-order chi connectivity index (χ1) is 7.75. The summed E-state index contributed by atoms with van der Waals surface area (Å²) in [5.41, 5.74) is 0. The molecular weight excluding hydrogens is 292 g/mol. The van der Waals surface area contributed by atoms with E-state index in [1.807, 2.05) is 12.1 Å².